The fraction of sp³-hybridized carbons (Fsp3) is 0.286. The molecule has 10 heteroatoms. The first-order chi connectivity index (χ1) is 7.64. The van der Waals surface area contributed by atoms with E-state index in [0.29, 0.717) is 0 Å². The minimum Gasteiger partial charge on any atom is -0.364 e. The zero-order valence-corrected chi connectivity index (χ0v) is 8.96. The smallest absolute Gasteiger partial charge is 0.364 e. The van der Waals surface area contributed by atoms with Gasteiger partial charge < -0.3 is 10.6 Å². The van der Waals surface area contributed by atoms with Crippen molar-refractivity contribution in [2.75, 3.05) is 0 Å². The number of carbonyl (C=O) groups excluding carboxylic acids is 2. The van der Waals surface area contributed by atoms with Crippen molar-refractivity contribution in [3.63, 3.8) is 0 Å². The lowest BCUT2D eigenvalue weighted by molar-refractivity contribution is -0.200. The number of rotatable bonds is 2. The molecule has 1 aromatic heterocycles. The van der Waals surface area contributed by atoms with Crippen molar-refractivity contribution in [2.24, 2.45) is 5.73 Å². The van der Waals surface area contributed by atoms with Crippen LogP contribution in [0.3, 0.4) is 0 Å². The summed E-state index contributed by atoms with van der Waals surface area (Å²) < 4.78 is 36.1. The number of primary amides is 1. The summed E-state index contributed by atoms with van der Waals surface area (Å²) in [7, 11) is 0. The fourth-order valence-corrected chi connectivity index (χ4v) is 1.23. The van der Waals surface area contributed by atoms with E-state index in [9.17, 15) is 22.8 Å². The number of nitrogens with zero attached hydrogens (tertiary/aromatic N) is 2. The zero-order chi connectivity index (χ0) is 13.4. The predicted octanol–water partition coefficient (Wildman–Crippen LogP) is 0.461. The molecule has 0 aliphatic heterocycles. The first kappa shape index (κ1) is 13.3. The van der Waals surface area contributed by atoms with Crippen molar-refractivity contribution in [1.82, 2.24) is 9.71 Å². The average molecular weight is 272 g/mol. The summed E-state index contributed by atoms with van der Waals surface area (Å²) in [5.41, 5.74) is 4.22. The van der Waals surface area contributed by atoms with Crippen molar-refractivity contribution in [2.45, 2.75) is 13.1 Å². The Balaban J connectivity index is 3.15. The van der Waals surface area contributed by atoms with Crippen LogP contribution in [-0.4, -0.2) is 27.8 Å². The molecule has 0 unspecified atom stereocenters. The van der Waals surface area contributed by atoms with Crippen LogP contribution in [0.5, 0.6) is 0 Å². The summed E-state index contributed by atoms with van der Waals surface area (Å²) in [4.78, 5) is 28.8. The van der Waals surface area contributed by atoms with Crippen LogP contribution in [0.4, 0.5) is 13.2 Å². The molecule has 1 amide bonds. The van der Waals surface area contributed by atoms with Gasteiger partial charge in [-0.3, -0.25) is 4.79 Å². The van der Waals surface area contributed by atoms with Gasteiger partial charge in [-0.05, 0) is 6.92 Å². The third-order valence-electron chi connectivity index (χ3n) is 1.59. The maximum atomic E-state index is 11.9. The summed E-state index contributed by atoms with van der Waals surface area (Å²) in [6, 6.07) is 0. The molecule has 0 aliphatic rings. The van der Waals surface area contributed by atoms with Crippen LogP contribution >= 0.6 is 11.6 Å². The van der Waals surface area contributed by atoms with Gasteiger partial charge in [-0.15, -0.1) is 0 Å². The van der Waals surface area contributed by atoms with E-state index < -0.39 is 28.9 Å². The molecule has 0 radical (unpaired) electrons. The van der Waals surface area contributed by atoms with Crippen molar-refractivity contribution < 1.29 is 27.6 Å². The number of aromatic nitrogens is 2. The minimum atomic E-state index is -5.21. The van der Waals surface area contributed by atoms with E-state index in [2.05, 4.69) is 9.82 Å². The lowest BCUT2D eigenvalue weighted by Crippen LogP contribution is -2.35. The highest BCUT2D eigenvalue weighted by Gasteiger charge is 2.42. The largest absolute Gasteiger partial charge is 0.493 e. The third kappa shape index (κ3) is 2.67. The molecule has 0 aromatic carbocycles. The molecule has 1 heterocycles. The molecule has 17 heavy (non-hydrogen) atoms. The third-order valence-corrected chi connectivity index (χ3v) is 1.85. The van der Waals surface area contributed by atoms with Gasteiger partial charge in [0.25, 0.3) is 5.91 Å². The van der Waals surface area contributed by atoms with Gasteiger partial charge in [0.2, 0.25) is 0 Å². The number of halogens is 4. The highest BCUT2D eigenvalue weighted by atomic mass is 35.5. The van der Waals surface area contributed by atoms with E-state index in [4.69, 9.17) is 17.3 Å². The average Bonchev–Trinajstić information content (AvgIpc) is 2.39. The van der Waals surface area contributed by atoms with Crippen LogP contribution in [0.1, 0.15) is 16.3 Å². The van der Waals surface area contributed by atoms with Gasteiger partial charge in [0.15, 0.2) is 10.8 Å². The van der Waals surface area contributed by atoms with E-state index in [1.807, 2.05) is 0 Å². The van der Waals surface area contributed by atoms with Crippen LogP contribution < -0.4 is 10.6 Å². The Morgan fingerprint density at radius 3 is 2.41 bits per heavy atom. The molecule has 1 aromatic rings. The molecule has 1 rings (SSSR count). The van der Waals surface area contributed by atoms with Gasteiger partial charge in [0.1, 0.15) is 5.82 Å². The number of amides is 1. The Morgan fingerprint density at radius 1 is 1.47 bits per heavy atom. The van der Waals surface area contributed by atoms with Gasteiger partial charge in [-0.1, -0.05) is 11.6 Å². The van der Waals surface area contributed by atoms with Crippen molar-refractivity contribution >= 4 is 23.5 Å². The summed E-state index contributed by atoms with van der Waals surface area (Å²) in [6.45, 7) is 1.18. The van der Waals surface area contributed by atoms with Gasteiger partial charge in [0, 0.05) is 0 Å². The van der Waals surface area contributed by atoms with E-state index in [-0.39, 0.29) is 10.6 Å². The number of hydrogen-bond acceptors (Lipinski definition) is 4. The SMILES string of the molecule is Cc1nc(Cl)c(C(N)=O)n1OC(=O)C(F)(F)F. The Labute approximate surface area is 97.1 Å². The first-order valence-corrected chi connectivity index (χ1v) is 4.36. The van der Waals surface area contributed by atoms with Crippen LogP contribution in [-0.2, 0) is 4.79 Å². The minimum absolute atomic E-state index is 0.221. The highest BCUT2D eigenvalue weighted by molar-refractivity contribution is 6.32. The fourth-order valence-electron chi connectivity index (χ4n) is 0.934. The summed E-state index contributed by atoms with van der Waals surface area (Å²) in [5.74, 6) is -3.91. The standard InChI is InChI=1S/C7H5ClF3N3O3/c1-2-13-4(8)3(5(12)15)14(2)17-6(16)7(9,10)11/h1H3,(H2,12,15). The summed E-state index contributed by atoms with van der Waals surface area (Å²) >= 11 is 5.44. The lowest BCUT2D eigenvalue weighted by atomic mass is 10.5. The molecule has 94 valence electrons. The van der Waals surface area contributed by atoms with Gasteiger partial charge in [0.05, 0.1) is 0 Å². The Hall–Kier alpha value is -1.77. The van der Waals surface area contributed by atoms with Gasteiger partial charge >= 0.3 is 12.1 Å². The van der Waals surface area contributed by atoms with Crippen molar-refractivity contribution in [1.29, 1.82) is 0 Å². The van der Waals surface area contributed by atoms with E-state index in [1.165, 1.54) is 6.92 Å². The summed E-state index contributed by atoms with van der Waals surface area (Å²) in [6.07, 6.45) is -5.21. The molecular formula is C7H5ClF3N3O3. The number of carbonyl (C=O) groups is 2. The van der Waals surface area contributed by atoms with Crippen LogP contribution in [0, 0.1) is 6.92 Å². The Kier molecular flexibility index (Phi) is 3.32. The molecule has 0 fully saturated rings. The van der Waals surface area contributed by atoms with E-state index in [1.54, 1.807) is 0 Å². The molecule has 2 N–H and O–H groups in total. The molecule has 0 bridgehead atoms. The monoisotopic (exact) mass is 271 g/mol. The lowest BCUT2D eigenvalue weighted by Gasteiger charge is -2.09. The van der Waals surface area contributed by atoms with Crippen LogP contribution in [0.15, 0.2) is 0 Å². The van der Waals surface area contributed by atoms with Crippen LogP contribution in [0.25, 0.3) is 0 Å². The predicted molar refractivity (Wildman–Crippen MR) is 48.1 cm³/mol. The highest BCUT2D eigenvalue weighted by Crippen LogP contribution is 2.19. The van der Waals surface area contributed by atoms with Crippen LogP contribution in [0.2, 0.25) is 5.15 Å². The van der Waals surface area contributed by atoms with Crippen molar-refractivity contribution in [3.8, 4) is 0 Å². The normalized spacial score (nSPS) is 11.4. The zero-order valence-electron chi connectivity index (χ0n) is 8.21. The second-order valence-electron chi connectivity index (χ2n) is 2.83. The molecule has 6 nitrogen and oxygen atoms in total. The molecule has 0 spiro atoms. The number of alkyl halides is 3. The molecule has 0 atom stereocenters. The number of aryl methyl sites for hydroxylation is 1. The number of hydrogen-bond donors (Lipinski definition) is 1. The maximum absolute atomic E-state index is 11.9. The summed E-state index contributed by atoms with van der Waals surface area (Å²) in [5, 5.41) is -0.454. The van der Waals surface area contributed by atoms with Crippen molar-refractivity contribution in [3.05, 3.63) is 16.7 Å². The first-order valence-electron chi connectivity index (χ1n) is 3.98. The van der Waals surface area contributed by atoms with Gasteiger partial charge in [-0.25, -0.2) is 9.78 Å². The Bertz CT molecular complexity index is 483. The molecule has 0 saturated heterocycles. The Morgan fingerprint density at radius 2 is 2.00 bits per heavy atom. The van der Waals surface area contributed by atoms with E-state index >= 15 is 0 Å². The van der Waals surface area contributed by atoms with Gasteiger partial charge in [-0.2, -0.15) is 17.9 Å². The molecule has 0 saturated carbocycles. The maximum Gasteiger partial charge on any atom is 0.493 e. The second-order valence-corrected chi connectivity index (χ2v) is 3.19. The topological polar surface area (TPSA) is 87.2 Å². The number of imidazole rings is 1. The second kappa shape index (κ2) is 4.24. The molecule has 0 aliphatic carbocycles. The quantitative estimate of drug-likeness (QED) is 0.846. The van der Waals surface area contributed by atoms with E-state index in [0.717, 1.165) is 0 Å². The molecular weight excluding hydrogens is 267 g/mol. The number of nitrogens with two attached hydrogens (primary N) is 1.